The molecule has 8 nitrogen and oxygen atoms in total. The van der Waals surface area contributed by atoms with E-state index in [-0.39, 0.29) is 18.8 Å². The topological polar surface area (TPSA) is 102 Å². The van der Waals surface area contributed by atoms with Crippen LogP contribution in [0.1, 0.15) is 17.4 Å². The van der Waals surface area contributed by atoms with Crippen LogP contribution < -0.4 is 5.56 Å². The van der Waals surface area contributed by atoms with E-state index in [1.165, 1.54) is 41.3 Å². The summed E-state index contributed by atoms with van der Waals surface area (Å²) in [5.74, 6) is -2.13. The molecule has 9 heteroatoms. The first-order chi connectivity index (χ1) is 12.3. The number of aliphatic carboxylic acids is 1. The molecule has 0 radical (unpaired) electrons. The van der Waals surface area contributed by atoms with Gasteiger partial charge in [0.05, 0.1) is 18.3 Å². The van der Waals surface area contributed by atoms with Gasteiger partial charge in [-0.25, -0.2) is 9.18 Å². The average molecular weight is 361 g/mol. The van der Waals surface area contributed by atoms with Crippen molar-refractivity contribution in [3.05, 3.63) is 58.3 Å². The second kappa shape index (κ2) is 7.04. The van der Waals surface area contributed by atoms with Gasteiger partial charge in [0.15, 0.2) is 6.10 Å². The van der Waals surface area contributed by atoms with E-state index in [1.807, 2.05) is 0 Å². The van der Waals surface area contributed by atoms with Crippen molar-refractivity contribution in [3.8, 4) is 5.69 Å². The third-order valence-corrected chi connectivity index (χ3v) is 3.91. The maximum absolute atomic E-state index is 13.1. The van der Waals surface area contributed by atoms with Crippen molar-refractivity contribution < 1.29 is 23.8 Å². The smallest absolute Gasteiger partial charge is 0.334 e. The Morgan fingerprint density at radius 1 is 1.19 bits per heavy atom. The Kier molecular flexibility index (Phi) is 4.81. The molecule has 1 fully saturated rings. The highest BCUT2D eigenvalue weighted by Gasteiger charge is 2.33. The van der Waals surface area contributed by atoms with E-state index in [9.17, 15) is 18.8 Å². The molecule has 0 aliphatic carbocycles. The second-order valence-corrected chi connectivity index (χ2v) is 5.93. The quantitative estimate of drug-likeness (QED) is 0.863. The lowest BCUT2D eigenvalue weighted by atomic mass is 10.2. The first-order valence-electron chi connectivity index (χ1n) is 7.89. The summed E-state index contributed by atoms with van der Waals surface area (Å²) in [6, 6.07) is 7.56. The summed E-state index contributed by atoms with van der Waals surface area (Å²) < 4.78 is 19.3. The molecule has 1 saturated heterocycles. The van der Waals surface area contributed by atoms with E-state index in [1.54, 1.807) is 6.92 Å². The molecule has 136 valence electrons. The third kappa shape index (κ3) is 3.62. The monoisotopic (exact) mass is 361 g/mol. The number of carboxylic acids is 1. The zero-order valence-corrected chi connectivity index (χ0v) is 13.8. The number of carbonyl (C=O) groups is 2. The van der Waals surface area contributed by atoms with Crippen LogP contribution in [0.25, 0.3) is 5.69 Å². The van der Waals surface area contributed by atoms with Gasteiger partial charge in [-0.1, -0.05) is 0 Å². The zero-order valence-electron chi connectivity index (χ0n) is 13.8. The van der Waals surface area contributed by atoms with Gasteiger partial charge in [0.25, 0.3) is 11.5 Å². The molecular weight excluding hydrogens is 345 g/mol. The predicted molar refractivity (Wildman–Crippen MR) is 87.7 cm³/mol. The molecule has 2 atom stereocenters. The first-order valence-corrected chi connectivity index (χ1v) is 7.89. The highest BCUT2D eigenvalue weighted by molar-refractivity contribution is 5.92. The van der Waals surface area contributed by atoms with Gasteiger partial charge < -0.3 is 14.7 Å². The molecule has 1 aliphatic heterocycles. The number of ether oxygens (including phenoxy) is 1. The summed E-state index contributed by atoms with van der Waals surface area (Å²) in [6.07, 6.45) is -1.57. The molecule has 1 aromatic heterocycles. The molecule has 0 spiro atoms. The van der Waals surface area contributed by atoms with Crippen molar-refractivity contribution >= 4 is 11.9 Å². The summed E-state index contributed by atoms with van der Waals surface area (Å²) in [5, 5.41) is 13.2. The number of carbonyl (C=O) groups excluding carboxylic acids is 1. The van der Waals surface area contributed by atoms with E-state index >= 15 is 0 Å². The summed E-state index contributed by atoms with van der Waals surface area (Å²) in [6.45, 7) is 1.76. The van der Waals surface area contributed by atoms with Crippen molar-refractivity contribution in [3.63, 3.8) is 0 Å². The standard InChI is InChI=1S/C17H16FN3O5/c1-10-8-20(9-14(26-10)17(24)25)16(23)13-6-7-15(22)21(19-13)12-4-2-11(18)3-5-12/h2-7,10,14H,8-9H2,1H3,(H,24,25)/t10-,14?/m1/s1. The third-order valence-electron chi connectivity index (χ3n) is 3.91. The Morgan fingerprint density at radius 3 is 2.54 bits per heavy atom. The van der Waals surface area contributed by atoms with Gasteiger partial charge in [-0.2, -0.15) is 9.78 Å². The van der Waals surface area contributed by atoms with E-state index < -0.39 is 35.5 Å². The van der Waals surface area contributed by atoms with Gasteiger partial charge in [0.1, 0.15) is 11.5 Å². The lowest BCUT2D eigenvalue weighted by molar-refractivity contribution is -0.160. The lowest BCUT2D eigenvalue weighted by Crippen LogP contribution is -2.52. The van der Waals surface area contributed by atoms with Crippen LogP contribution in [0.3, 0.4) is 0 Å². The van der Waals surface area contributed by atoms with E-state index in [2.05, 4.69) is 5.10 Å². The molecule has 2 heterocycles. The zero-order chi connectivity index (χ0) is 18.8. The van der Waals surface area contributed by atoms with Crippen molar-refractivity contribution in [1.82, 2.24) is 14.7 Å². The molecule has 1 aromatic carbocycles. The van der Waals surface area contributed by atoms with Crippen LogP contribution >= 0.6 is 0 Å². The van der Waals surface area contributed by atoms with Gasteiger partial charge in [-0.3, -0.25) is 9.59 Å². The molecular formula is C17H16FN3O5. The lowest BCUT2D eigenvalue weighted by Gasteiger charge is -2.34. The number of amides is 1. The molecule has 3 rings (SSSR count). The Hall–Kier alpha value is -3.07. The van der Waals surface area contributed by atoms with E-state index in [4.69, 9.17) is 9.84 Å². The fourth-order valence-electron chi connectivity index (χ4n) is 2.71. The van der Waals surface area contributed by atoms with Gasteiger partial charge in [-0.15, -0.1) is 0 Å². The SMILES string of the molecule is C[C@@H]1CN(C(=O)c2ccc(=O)n(-c3ccc(F)cc3)n2)CC(C(=O)O)O1. The number of benzene rings is 1. The minimum atomic E-state index is -1.15. The largest absolute Gasteiger partial charge is 0.479 e. The van der Waals surface area contributed by atoms with Crippen LogP contribution in [-0.2, 0) is 9.53 Å². The normalized spacial score (nSPS) is 20.0. The molecule has 0 saturated carbocycles. The molecule has 1 N–H and O–H groups in total. The Labute approximate surface area is 147 Å². The highest BCUT2D eigenvalue weighted by Crippen LogP contribution is 2.14. The molecule has 1 amide bonds. The van der Waals surface area contributed by atoms with Crippen molar-refractivity contribution in [2.24, 2.45) is 0 Å². The van der Waals surface area contributed by atoms with Crippen LogP contribution in [-0.4, -0.2) is 57.0 Å². The number of rotatable bonds is 3. The van der Waals surface area contributed by atoms with Gasteiger partial charge in [0, 0.05) is 12.6 Å². The minimum absolute atomic E-state index is 0.0211. The number of morpholine rings is 1. The second-order valence-electron chi connectivity index (χ2n) is 5.93. The average Bonchev–Trinajstić information content (AvgIpc) is 2.62. The Morgan fingerprint density at radius 2 is 1.88 bits per heavy atom. The molecule has 2 aromatic rings. The van der Waals surface area contributed by atoms with Crippen LogP contribution in [0.5, 0.6) is 0 Å². The van der Waals surface area contributed by atoms with Crippen molar-refractivity contribution in [1.29, 1.82) is 0 Å². The maximum Gasteiger partial charge on any atom is 0.334 e. The van der Waals surface area contributed by atoms with E-state index in [0.717, 1.165) is 4.68 Å². The molecule has 0 bridgehead atoms. The number of carboxylic acid groups (broad SMARTS) is 1. The summed E-state index contributed by atoms with van der Waals surface area (Å²) in [5.41, 5.74) is -0.191. The van der Waals surface area contributed by atoms with Gasteiger partial charge >= 0.3 is 5.97 Å². The van der Waals surface area contributed by atoms with Crippen LogP contribution in [0.2, 0.25) is 0 Å². The van der Waals surface area contributed by atoms with Crippen molar-refractivity contribution in [2.45, 2.75) is 19.1 Å². The maximum atomic E-state index is 13.1. The molecule has 26 heavy (non-hydrogen) atoms. The summed E-state index contributed by atoms with van der Waals surface area (Å²) >= 11 is 0. The number of hydrogen-bond acceptors (Lipinski definition) is 5. The Balaban J connectivity index is 1.90. The van der Waals surface area contributed by atoms with Crippen LogP contribution in [0.15, 0.2) is 41.2 Å². The number of halogens is 1. The summed E-state index contributed by atoms with van der Waals surface area (Å²) in [7, 11) is 0. The molecule has 1 unspecified atom stereocenters. The fraction of sp³-hybridized carbons (Fsp3) is 0.294. The van der Waals surface area contributed by atoms with Crippen LogP contribution in [0.4, 0.5) is 4.39 Å². The Bertz CT molecular complexity index is 896. The minimum Gasteiger partial charge on any atom is -0.479 e. The van der Waals surface area contributed by atoms with Gasteiger partial charge in [0.2, 0.25) is 0 Å². The number of hydrogen-bond donors (Lipinski definition) is 1. The first kappa shape index (κ1) is 17.7. The molecule has 1 aliphatic rings. The van der Waals surface area contributed by atoms with E-state index in [0.29, 0.717) is 5.69 Å². The predicted octanol–water partition coefficient (Wildman–Crippen LogP) is 0.686. The fourth-order valence-corrected chi connectivity index (χ4v) is 2.71. The number of aromatic nitrogens is 2. The van der Waals surface area contributed by atoms with Crippen molar-refractivity contribution in [2.75, 3.05) is 13.1 Å². The number of nitrogens with zero attached hydrogens (tertiary/aromatic N) is 3. The summed E-state index contributed by atoms with van der Waals surface area (Å²) in [4.78, 5) is 37.2. The highest BCUT2D eigenvalue weighted by atomic mass is 19.1. The van der Waals surface area contributed by atoms with Crippen LogP contribution in [0, 0.1) is 5.82 Å². The van der Waals surface area contributed by atoms with Gasteiger partial charge in [-0.05, 0) is 37.3 Å².